The summed E-state index contributed by atoms with van der Waals surface area (Å²) in [4.78, 5) is 27.9. The monoisotopic (exact) mass is 729 g/mol. The molecule has 5 aromatic rings. The first kappa shape index (κ1) is 38.7. The summed E-state index contributed by atoms with van der Waals surface area (Å²) in [6.45, 7) is 16.9. The van der Waals surface area contributed by atoms with Gasteiger partial charge in [0.2, 0.25) is 11.9 Å². The van der Waals surface area contributed by atoms with E-state index in [1.165, 1.54) is 17.6 Å². The van der Waals surface area contributed by atoms with E-state index < -0.39 is 0 Å². The first-order chi connectivity index (χ1) is 25.2. The van der Waals surface area contributed by atoms with Gasteiger partial charge in [0.1, 0.15) is 0 Å². The number of thiophene rings is 1. The second kappa shape index (κ2) is 16.9. The van der Waals surface area contributed by atoms with E-state index in [0.29, 0.717) is 27.4 Å². The van der Waals surface area contributed by atoms with Crippen LogP contribution in [0, 0.1) is 5.21 Å². The lowest BCUT2D eigenvalue weighted by molar-refractivity contribution is -0.709. The lowest BCUT2D eigenvalue weighted by atomic mass is 9.92. The van der Waals surface area contributed by atoms with E-state index in [0.717, 1.165) is 48.0 Å². The van der Waals surface area contributed by atoms with Crippen molar-refractivity contribution in [2.24, 2.45) is 0 Å². The van der Waals surface area contributed by atoms with Gasteiger partial charge in [0, 0.05) is 51.5 Å². The molecule has 0 spiro atoms. The molecule has 0 atom stereocenters. The molecule has 3 N–H and O–H groups in total. The summed E-state index contributed by atoms with van der Waals surface area (Å²) in [6.07, 6.45) is 3.01. The molecule has 0 aliphatic carbocycles. The number of carbonyl (C=O) groups excluding carboxylic acids is 2. The van der Waals surface area contributed by atoms with Crippen molar-refractivity contribution in [3.05, 3.63) is 145 Å². The Bertz CT molecular complexity index is 1940. The van der Waals surface area contributed by atoms with Crippen LogP contribution in [0.3, 0.4) is 0 Å². The van der Waals surface area contributed by atoms with Gasteiger partial charge in [-0.25, -0.2) is 0 Å². The van der Waals surface area contributed by atoms with Crippen LogP contribution in [0.5, 0.6) is 0 Å². The highest BCUT2D eigenvalue weighted by atomic mass is 32.1. The van der Waals surface area contributed by atoms with E-state index in [-0.39, 0.29) is 35.5 Å². The van der Waals surface area contributed by atoms with Crippen molar-refractivity contribution in [2.45, 2.75) is 79.1 Å². The summed E-state index contributed by atoms with van der Waals surface area (Å²) in [5.41, 5.74) is 7.84. The molecule has 1 aromatic heterocycles. The molecule has 0 fully saturated rings. The molecule has 0 aliphatic rings. The van der Waals surface area contributed by atoms with E-state index in [4.69, 9.17) is 0 Å². The lowest BCUT2D eigenvalue weighted by Crippen LogP contribution is -2.16. The summed E-state index contributed by atoms with van der Waals surface area (Å²) in [5, 5.41) is 30.1. The molecular formula is C44H49N4O4S+. The van der Waals surface area contributed by atoms with E-state index in [1.54, 1.807) is 60.8 Å². The van der Waals surface area contributed by atoms with Crippen molar-refractivity contribution in [1.82, 2.24) is 0 Å². The summed E-state index contributed by atoms with van der Waals surface area (Å²) in [7, 11) is 0. The third-order valence-electron chi connectivity index (χ3n) is 9.14. The summed E-state index contributed by atoms with van der Waals surface area (Å²) in [5.74, 6) is 0.545. The molecular weight excluding hydrogens is 681 g/mol. The van der Waals surface area contributed by atoms with Gasteiger partial charge in [0.05, 0.1) is 9.75 Å². The number of hydrogen-bond donors (Lipinski definition) is 3. The van der Waals surface area contributed by atoms with Gasteiger partial charge in [-0.2, -0.15) is 4.74 Å². The number of para-hydroxylation sites is 2. The molecule has 0 saturated carbocycles. The molecule has 0 radical (unpaired) electrons. The Hall–Kier alpha value is -5.54. The van der Waals surface area contributed by atoms with Gasteiger partial charge in [-0.15, -0.1) is 11.3 Å². The molecule has 1 heterocycles. The Kier molecular flexibility index (Phi) is 12.3. The Morgan fingerprint density at radius 1 is 0.566 bits per heavy atom. The quantitative estimate of drug-likeness (QED) is 0.0390. The minimum Gasteiger partial charge on any atom is -0.618 e. The number of rotatable bonds is 12. The second-order valence-corrected chi connectivity index (χ2v) is 15.6. The zero-order valence-corrected chi connectivity index (χ0v) is 32.5. The minimum atomic E-state index is -0.231. The maximum Gasteiger partial charge on any atom is 0.257 e. The highest BCUT2D eigenvalue weighted by molar-refractivity contribution is 7.15. The van der Waals surface area contributed by atoms with Crippen LogP contribution in [0.25, 0.3) is 0 Å². The molecule has 0 unspecified atom stereocenters. The number of nitrogens with one attached hydrogen (secondary N) is 2. The average Bonchev–Trinajstić information content (AvgIpc) is 3.57. The SMILES string of the molecule is CC(C)c1cccc(C(C)C)c1NC(=O)c1ccc(/[N+](O)=C/c2ccc(/C=[N+](/[O-])c3ccc(C(=O)Nc4c(C(C)C)cccc4C(C)C)cc3)s2)cc1. The fraction of sp³-hybridized carbons (Fsp3) is 0.273. The van der Waals surface area contributed by atoms with Crippen molar-refractivity contribution in [1.29, 1.82) is 0 Å². The third-order valence-corrected chi connectivity index (χ3v) is 10.1. The molecule has 53 heavy (non-hydrogen) atoms. The van der Waals surface area contributed by atoms with Gasteiger partial charge >= 0.3 is 0 Å². The fourth-order valence-corrected chi connectivity index (χ4v) is 7.03. The topological polar surface area (TPSA) is 108 Å². The maximum absolute atomic E-state index is 13.3. The van der Waals surface area contributed by atoms with Crippen molar-refractivity contribution < 1.29 is 24.3 Å². The van der Waals surface area contributed by atoms with Crippen LogP contribution in [0.2, 0.25) is 0 Å². The van der Waals surface area contributed by atoms with Crippen molar-refractivity contribution in [3.63, 3.8) is 0 Å². The normalized spacial score (nSPS) is 12.2. The minimum absolute atomic E-state index is 0.217. The van der Waals surface area contributed by atoms with Gasteiger partial charge in [-0.05, 0) is 82.3 Å². The number of benzene rings is 4. The summed E-state index contributed by atoms with van der Waals surface area (Å²) >= 11 is 1.33. The van der Waals surface area contributed by atoms with Gasteiger partial charge in [-0.1, -0.05) is 91.8 Å². The van der Waals surface area contributed by atoms with Crippen molar-refractivity contribution in [2.75, 3.05) is 10.6 Å². The van der Waals surface area contributed by atoms with Crippen LogP contribution in [-0.4, -0.2) is 38.9 Å². The number of carbonyl (C=O) groups is 2. The zero-order valence-electron chi connectivity index (χ0n) is 31.7. The molecule has 9 heteroatoms. The maximum atomic E-state index is 13.3. The second-order valence-electron chi connectivity index (χ2n) is 14.4. The Balaban J connectivity index is 1.25. The molecule has 274 valence electrons. The third kappa shape index (κ3) is 9.28. The number of amides is 2. The highest BCUT2D eigenvalue weighted by Gasteiger charge is 2.20. The first-order valence-corrected chi connectivity index (χ1v) is 18.9. The van der Waals surface area contributed by atoms with Gasteiger partial charge in [0.25, 0.3) is 17.5 Å². The zero-order chi connectivity index (χ0) is 38.4. The summed E-state index contributed by atoms with van der Waals surface area (Å²) in [6, 6.07) is 29.1. The number of nitrogens with zero attached hydrogens (tertiary/aromatic N) is 2. The van der Waals surface area contributed by atoms with Crippen LogP contribution in [0.15, 0.2) is 97.1 Å². The predicted octanol–water partition coefficient (Wildman–Crippen LogP) is 11.2. The van der Waals surface area contributed by atoms with Gasteiger partial charge < -0.3 is 15.8 Å². The van der Waals surface area contributed by atoms with E-state index in [9.17, 15) is 20.0 Å². The smallest absolute Gasteiger partial charge is 0.257 e. The van der Waals surface area contributed by atoms with Crippen molar-refractivity contribution >= 4 is 58.3 Å². The molecule has 8 nitrogen and oxygen atoms in total. The molecule has 0 saturated heterocycles. The van der Waals surface area contributed by atoms with E-state index in [2.05, 4.69) is 66.0 Å². The molecule has 2 amide bonds. The van der Waals surface area contributed by atoms with Crippen LogP contribution in [0.4, 0.5) is 22.7 Å². The molecule has 0 aliphatic heterocycles. The number of hydrogen-bond acceptors (Lipinski definition) is 5. The van der Waals surface area contributed by atoms with Gasteiger partial charge in [0.15, 0.2) is 6.21 Å². The lowest BCUT2D eigenvalue weighted by Gasteiger charge is -2.20. The standard InChI is InChI=1S/C44H48N4O4S/c1-27(2)37-11-9-12-38(28(3)4)41(37)45-43(49)31-15-19-33(20-16-31)47(51)25-35-23-24-36(53-35)26-48(52)34-21-17-32(18-22-34)44(50)46-42-39(29(5)6)13-10-14-40(42)30(7)8/h9-30H,1-8H3,(H2-,45,46,49,50,51)/p+1. The highest BCUT2D eigenvalue weighted by Crippen LogP contribution is 2.34. The molecule has 5 rings (SSSR count). The average molecular weight is 730 g/mol. The Morgan fingerprint density at radius 2 is 0.925 bits per heavy atom. The van der Waals surface area contributed by atoms with E-state index >= 15 is 0 Å². The van der Waals surface area contributed by atoms with Crippen LogP contribution >= 0.6 is 11.3 Å². The van der Waals surface area contributed by atoms with Crippen LogP contribution in [0.1, 0.15) is 132 Å². The van der Waals surface area contributed by atoms with Crippen LogP contribution in [-0.2, 0) is 0 Å². The summed E-state index contributed by atoms with van der Waals surface area (Å²) < 4.78 is 1.75. The molecule has 4 aromatic carbocycles. The number of anilines is 2. The van der Waals surface area contributed by atoms with Crippen LogP contribution < -0.4 is 10.6 Å². The first-order valence-electron chi connectivity index (χ1n) is 18.1. The van der Waals surface area contributed by atoms with Crippen molar-refractivity contribution in [3.8, 4) is 0 Å². The Labute approximate surface area is 316 Å². The van der Waals surface area contributed by atoms with Gasteiger partial charge in [-0.3, -0.25) is 14.8 Å². The molecule has 0 bridgehead atoms. The largest absolute Gasteiger partial charge is 0.618 e. The Morgan fingerprint density at radius 3 is 1.30 bits per heavy atom. The van der Waals surface area contributed by atoms with E-state index in [1.807, 2.05) is 42.5 Å². The fourth-order valence-electron chi connectivity index (χ4n) is 6.18. The predicted molar refractivity (Wildman–Crippen MR) is 218 cm³/mol.